The monoisotopic (exact) mass is 380 g/mol. The molecule has 0 fully saturated rings. The van der Waals surface area contributed by atoms with E-state index in [0.29, 0.717) is 11.5 Å². The minimum absolute atomic E-state index is 0.000929. The molecule has 0 unspecified atom stereocenters. The predicted molar refractivity (Wildman–Crippen MR) is 92.7 cm³/mol. The zero-order valence-corrected chi connectivity index (χ0v) is 15.5. The van der Waals surface area contributed by atoms with Gasteiger partial charge >= 0.3 is 0 Å². The maximum absolute atomic E-state index is 12.1. The number of sulfonamides is 1. The van der Waals surface area contributed by atoms with Crippen molar-refractivity contribution < 1.29 is 22.5 Å². The molecule has 140 valence electrons. The molecule has 2 rings (SSSR count). The van der Waals surface area contributed by atoms with E-state index in [0.717, 1.165) is 4.31 Å². The van der Waals surface area contributed by atoms with E-state index >= 15 is 0 Å². The predicted octanol–water partition coefficient (Wildman–Crippen LogP) is 0.280. The van der Waals surface area contributed by atoms with Gasteiger partial charge in [0.2, 0.25) is 15.9 Å². The lowest BCUT2D eigenvalue weighted by atomic mass is 10.2. The summed E-state index contributed by atoms with van der Waals surface area (Å²) in [6, 6.07) is 7.30. The molecular formula is C16H20N4O5S. The van der Waals surface area contributed by atoms with Crippen molar-refractivity contribution in [1.29, 1.82) is 0 Å². The molecule has 0 aliphatic rings. The van der Waals surface area contributed by atoms with Crippen molar-refractivity contribution in [1.82, 2.24) is 20.1 Å². The number of hydrogen-bond acceptors (Lipinski definition) is 6. The highest BCUT2D eigenvalue weighted by Crippen LogP contribution is 2.14. The van der Waals surface area contributed by atoms with E-state index in [4.69, 9.17) is 4.52 Å². The SMILES string of the molecule is Cc1cc(CNC(=O)CNC(=O)c2cccc(S(=O)(=O)N(C)C)c2)no1. The molecule has 0 atom stereocenters. The van der Waals surface area contributed by atoms with Crippen LogP contribution in [-0.2, 0) is 21.4 Å². The van der Waals surface area contributed by atoms with E-state index in [9.17, 15) is 18.0 Å². The van der Waals surface area contributed by atoms with Crippen molar-refractivity contribution >= 4 is 21.8 Å². The van der Waals surface area contributed by atoms with Crippen LogP contribution in [0.1, 0.15) is 21.8 Å². The largest absolute Gasteiger partial charge is 0.361 e. The second-order valence-corrected chi connectivity index (χ2v) is 7.86. The molecule has 26 heavy (non-hydrogen) atoms. The van der Waals surface area contributed by atoms with Crippen molar-refractivity contribution in [2.45, 2.75) is 18.4 Å². The molecule has 10 heteroatoms. The van der Waals surface area contributed by atoms with Crippen LogP contribution in [0.5, 0.6) is 0 Å². The number of aryl methyl sites for hydroxylation is 1. The Kier molecular flexibility index (Phi) is 6.11. The van der Waals surface area contributed by atoms with Crippen LogP contribution in [0.25, 0.3) is 0 Å². The van der Waals surface area contributed by atoms with Crippen LogP contribution in [0.3, 0.4) is 0 Å². The van der Waals surface area contributed by atoms with Crippen molar-refractivity contribution in [3.8, 4) is 0 Å². The lowest BCUT2D eigenvalue weighted by molar-refractivity contribution is -0.120. The third-order valence-corrected chi connectivity index (χ3v) is 5.24. The van der Waals surface area contributed by atoms with Crippen LogP contribution in [0.4, 0.5) is 0 Å². The van der Waals surface area contributed by atoms with Gasteiger partial charge in [-0.1, -0.05) is 11.2 Å². The number of rotatable bonds is 7. The molecule has 0 saturated carbocycles. The summed E-state index contributed by atoms with van der Waals surface area (Å²) >= 11 is 0. The molecule has 0 spiro atoms. The lowest BCUT2D eigenvalue weighted by Gasteiger charge is -2.12. The Balaban J connectivity index is 1.92. The average molecular weight is 380 g/mol. The summed E-state index contributed by atoms with van der Waals surface area (Å²) in [4.78, 5) is 23.9. The third-order valence-electron chi connectivity index (χ3n) is 3.43. The Morgan fingerprint density at radius 1 is 1.19 bits per heavy atom. The summed E-state index contributed by atoms with van der Waals surface area (Å²) in [6.45, 7) is 1.67. The van der Waals surface area contributed by atoms with E-state index < -0.39 is 21.8 Å². The number of nitrogens with zero attached hydrogens (tertiary/aromatic N) is 2. The maximum atomic E-state index is 12.1. The quantitative estimate of drug-likeness (QED) is 0.711. The van der Waals surface area contributed by atoms with E-state index in [2.05, 4.69) is 15.8 Å². The second kappa shape index (κ2) is 8.11. The maximum Gasteiger partial charge on any atom is 0.251 e. The van der Waals surface area contributed by atoms with Gasteiger partial charge in [0.1, 0.15) is 11.5 Å². The van der Waals surface area contributed by atoms with Crippen LogP contribution in [0.2, 0.25) is 0 Å². The molecule has 0 bridgehead atoms. The van der Waals surface area contributed by atoms with Crippen molar-refractivity contribution in [2.24, 2.45) is 0 Å². The van der Waals surface area contributed by atoms with Gasteiger partial charge in [-0.2, -0.15) is 0 Å². The smallest absolute Gasteiger partial charge is 0.251 e. The van der Waals surface area contributed by atoms with Gasteiger partial charge in [0.15, 0.2) is 0 Å². The summed E-state index contributed by atoms with van der Waals surface area (Å²) in [5, 5.41) is 8.78. The van der Waals surface area contributed by atoms with Gasteiger partial charge in [0, 0.05) is 25.7 Å². The van der Waals surface area contributed by atoms with Crippen molar-refractivity contribution in [3.63, 3.8) is 0 Å². The fourth-order valence-electron chi connectivity index (χ4n) is 2.02. The molecule has 0 aliphatic heterocycles. The topological polar surface area (TPSA) is 122 Å². The van der Waals surface area contributed by atoms with Crippen molar-refractivity contribution in [2.75, 3.05) is 20.6 Å². The van der Waals surface area contributed by atoms with Crippen molar-refractivity contribution in [3.05, 3.63) is 47.3 Å². The molecule has 0 aliphatic carbocycles. The number of amides is 2. The zero-order chi connectivity index (χ0) is 19.3. The molecule has 2 amide bonds. The highest BCUT2D eigenvalue weighted by Gasteiger charge is 2.19. The summed E-state index contributed by atoms with van der Waals surface area (Å²) < 4.78 is 30.2. The Bertz CT molecular complexity index is 905. The Hall–Kier alpha value is -2.72. The molecule has 0 saturated heterocycles. The number of benzene rings is 1. The van der Waals surface area contributed by atoms with Gasteiger partial charge in [-0.05, 0) is 25.1 Å². The second-order valence-electron chi connectivity index (χ2n) is 5.70. The number of aromatic nitrogens is 1. The first-order chi connectivity index (χ1) is 12.2. The highest BCUT2D eigenvalue weighted by molar-refractivity contribution is 7.89. The van der Waals surface area contributed by atoms with Crippen LogP contribution in [0, 0.1) is 6.92 Å². The number of carbonyl (C=O) groups excluding carboxylic acids is 2. The molecular weight excluding hydrogens is 360 g/mol. The summed E-state index contributed by atoms with van der Waals surface area (Å²) in [5.41, 5.74) is 0.719. The third kappa shape index (κ3) is 4.90. The van der Waals surface area contributed by atoms with Crippen LogP contribution in [0.15, 0.2) is 39.8 Å². The molecule has 1 heterocycles. The van der Waals surface area contributed by atoms with Gasteiger partial charge in [-0.25, -0.2) is 12.7 Å². The van der Waals surface area contributed by atoms with Gasteiger partial charge in [-0.15, -0.1) is 0 Å². The van der Waals surface area contributed by atoms with E-state index in [1.165, 1.54) is 38.4 Å². The number of carbonyl (C=O) groups is 2. The van der Waals surface area contributed by atoms with Crippen LogP contribution < -0.4 is 10.6 Å². The van der Waals surface area contributed by atoms with Gasteiger partial charge in [0.25, 0.3) is 5.91 Å². The molecule has 9 nitrogen and oxygen atoms in total. The standard InChI is InChI=1S/C16H20N4O5S/c1-11-7-13(19-25-11)9-17-15(21)10-18-16(22)12-5-4-6-14(8-12)26(23,24)20(2)3/h4-8H,9-10H2,1-3H3,(H,17,21)(H,18,22). The first kappa shape index (κ1) is 19.6. The fourth-order valence-corrected chi connectivity index (χ4v) is 2.97. The molecule has 0 radical (unpaired) electrons. The molecule has 2 N–H and O–H groups in total. The molecule has 2 aromatic rings. The van der Waals surface area contributed by atoms with Crippen LogP contribution in [-0.4, -0.2) is 50.3 Å². The molecule has 1 aromatic carbocycles. The van der Waals surface area contributed by atoms with E-state index in [1.54, 1.807) is 13.0 Å². The number of nitrogens with one attached hydrogen (secondary N) is 2. The Morgan fingerprint density at radius 3 is 2.54 bits per heavy atom. The minimum Gasteiger partial charge on any atom is -0.361 e. The van der Waals surface area contributed by atoms with Gasteiger partial charge < -0.3 is 15.2 Å². The average Bonchev–Trinajstić information content (AvgIpc) is 3.03. The first-order valence-electron chi connectivity index (χ1n) is 7.70. The first-order valence-corrected chi connectivity index (χ1v) is 9.14. The zero-order valence-electron chi connectivity index (χ0n) is 14.6. The van der Waals surface area contributed by atoms with E-state index in [1.807, 2.05) is 0 Å². The summed E-state index contributed by atoms with van der Waals surface area (Å²) in [5.74, 6) is -0.320. The minimum atomic E-state index is -3.64. The number of hydrogen-bond donors (Lipinski definition) is 2. The highest BCUT2D eigenvalue weighted by atomic mass is 32.2. The fraction of sp³-hybridized carbons (Fsp3) is 0.312. The Labute approximate surface area is 151 Å². The normalized spacial score (nSPS) is 11.4. The lowest BCUT2D eigenvalue weighted by Crippen LogP contribution is -2.36. The summed E-state index contributed by atoms with van der Waals surface area (Å²) in [7, 11) is -0.832. The molecule has 1 aromatic heterocycles. The van der Waals surface area contributed by atoms with E-state index in [-0.39, 0.29) is 23.5 Å². The Morgan fingerprint density at radius 2 is 1.92 bits per heavy atom. The van der Waals surface area contributed by atoms with Gasteiger partial charge in [0.05, 0.1) is 18.0 Å². The summed E-state index contributed by atoms with van der Waals surface area (Å²) in [6.07, 6.45) is 0. The van der Waals surface area contributed by atoms with Gasteiger partial charge in [-0.3, -0.25) is 9.59 Å². The van der Waals surface area contributed by atoms with Crippen LogP contribution >= 0.6 is 0 Å².